The third-order valence-corrected chi connectivity index (χ3v) is 6.82. The molecular formula is C25H22FN3OS. The summed E-state index contributed by atoms with van der Waals surface area (Å²) in [5.41, 5.74) is 3.77. The van der Waals surface area contributed by atoms with E-state index in [1.54, 1.807) is 6.07 Å². The number of thiazole rings is 1. The topological polar surface area (TPSA) is 45.2 Å². The lowest BCUT2D eigenvalue weighted by Crippen LogP contribution is -2.38. The average molecular weight is 432 g/mol. The molecule has 5 rings (SSSR count). The van der Waals surface area contributed by atoms with Crippen LogP contribution in [0.1, 0.15) is 12.8 Å². The molecule has 1 aliphatic heterocycles. The first-order chi connectivity index (χ1) is 15.2. The van der Waals surface area contributed by atoms with Crippen LogP contribution in [0.25, 0.3) is 21.3 Å². The van der Waals surface area contributed by atoms with Crippen LogP contribution in [0.4, 0.5) is 15.2 Å². The van der Waals surface area contributed by atoms with Crippen molar-refractivity contribution < 1.29 is 9.18 Å². The Bertz CT molecular complexity index is 1220. The molecule has 4 aromatic rings. The van der Waals surface area contributed by atoms with Gasteiger partial charge in [-0.15, -0.1) is 0 Å². The van der Waals surface area contributed by atoms with Crippen LogP contribution in [0.5, 0.6) is 0 Å². The number of benzene rings is 3. The summed E-state index contributed by atoms with van der Waals surface area (Å²) in [6.45, 7) is 1.53. The number of hydrogen-bond donors (Lipinski definition) is 1. The molecule has 1 aromatic heterocycles. The van der Waals surface area contributed by atoms with Gasteiger partial charge in [-0.3, -0.25) is 4.79 Å². The first kappa shape index (κ1) is 19.7. The molecule has 1 aliphatic rings. The number of nitrogens with one attached hydrogen (secondary N) is 1. The molecule has 0 bridgehead atoms. The van der Waals surface area contributed by atoms with Crippen molar-refractivity contribution in [3.05, 3.63) is 78.6 Å². The van der Waals surface area contributed by atoms with Gasteiger partial charge in [-0.05, 0) is 42.7 Å². The first-order valence-corrected chi connectivity index (χ1v) is 11.3. The van der Waals surface area contributed by atoms with E-state index in [-0.39, 0.29) is 17.6 Å². The molecular weight excluding hydrogens is 409 g/mol. The second-order valence-electron chi connectivity index (χ2n) is 7.77. The van der Waals surface area contributed by atoms with Crippen LogP contribution >= 0.6 is 11.3 Å². The van der Waals surface area contributed by atoms with Gasteiger partial charge in [-0.2, -0.15) is 0 Å². The largest absolute Gasteiger partial charge is 0.348 e. The Kier molecular flexibility index (Phi) is 5.38. The number of carbonyl (C=O) groups excluding carboxylic acids is 1. The lowest BCUT2D eigenvalue weighted by atomic mass is 9.95. The number of hydrogen-bond acceptors (Lipinski definition) is 4. The monoisotopic (exact) mass is 431 g/mol. The van der Waals surface area contributed by atoms with Crippen molar-refractivity contribution in [3.8, 4) is 11.1 Å². The van der Waals surface area contributed by atoms with Crippen LogP contribution in [-0.4, -0.2) is 24.0 Å². The molecule has 1 N–H and O–H groups in total. The predicted molar refractivity (Wildman–Crippen MR) is 125 cm³/mol. The van der Waals surface area contributed by atoms with Crippen LogP contribution in [0.15, 0.2) is 72.8 Å². The van der Waals surface area contributed by atoms with Gasteiger partial charge in [-0.25, -0.2) is 9.37 Å². The van der Waals surface area contributed by atoms with Crippen molar-refractivity contribution in [2.24, 2.45) is 5.92 Å². The minimum absolute atomic E-state index is 0.0353. The number of rotatable bonds is 4. The number of nitrogens with zero attached hydrogens (tertiary/aromatic N) is 2. The maximum atomic E-state index is 13.5. The van der Waals surface area contributed by atoms with Crippen molar-refractivity contribution in [2.75, 3.05) is 23.3 Å². The molecule has 4 nitrogen and oxygen atoms in total. The first-order valence-electron chi connectivity index (χ1n) is 10.4. The van der Waals surface area contributed by atoms with Crippen LogP contribution in [0.2, 0.25) is 0 Å². The van der Waals surface area contributed by atoms with Crippen LogP contribution in [0, 0.1) is 11.7 Å². The fourth-order valence-electron chi connectivity index (χ4n) is 4.05. The summed E-state index contributed by atoms with van der Waals surface area (Å²) in [4.78, 5) is 19.8. The molecule has 0 saturated carbocycles. The molecule has 6 heteroatoms. The van der Waals surface area contributed by atoms with E-state index in [1.807, 2.05) is 54.6 Å². The van der Waals surface area contributed by atoms with Gasteiger partial charge in [0.25, 0.3) is 0 Å². The van der Waals surface area contributed by atoms with E-state index in [2.05, 4.69) is 15.2 Å². The predicted octanol–water partition coefficient (Wildman–Crippen LogP) is 5.96. The Hall–Kier alpha value is -3.25. The van der Waals surface area contributed by atoms with Crippen molar-refractivity contribution in [1.29, 1.82) is 0 Å². The Balaban J connectivity index is 1.25. The van der Waals surface area contributed by atoms with Gasteiger partial charge in [0.2, 0.25) is 5.91 Å². The van der Waals surface area contributed by atoms with Gasteiger partial charge >= 0.3 is 0 Å². The summed E-state index contributed by atoms with van der Waals surface area (Å²) in [7, 11) is 0. The summed E-state index contributed by atoms with van der Waals surface area (Å²) in [6, 6.07) is 22.7. The van der Waals surface area contributed by atoms with Crippen molar-refractivity contribution >= 4 is 38.3 Å². The summed E-state index contributed by atoms with van der Waals surface area (Å²) in [5, 5.41) is 4.05. The summed E-state index contributed by atoms with van der Waals surface area (Å²) >= 11 is 1.50. The Morgan fingerprint density at radius 3 is 2.55 bits per heavy atom. The standard InChI is InChI=1S/C25H22FN3OS/c26-19-10-11-22-23(16-19)31-25(28-22)29-14-12-18(13-15-29)24(30)27-21-9-5-4-8-20(21)17-6-2-1-3-7-17/h1-11,16,18H,12-15H2,(H,27,30). The fraction of sp³-hybridized carbons (Fsp3) is 0.200. The average Bonchev–Trinajstić information content (AvgIpc) is 3.23. The van der Waals surface area contributed by atoms with E-state index in [4.69, 9.17) is 0 Å². The number of halogens is 1. The van der Waals surface area contributed by atoms with Gasteiger partial charge in [0.05, 0.1) is 10.2 Å². The number of carbonyl (C=O) groups is 1. The van der Waals surface area contributed by atoms with Crippen LogP contribution < -0.4 is 10.2 Å². The van der Waals surface area contributed by atoms with E-state index >= 15 is 0 Å². The number of para-hydroxylation sites is 1. The third kappa shape index (κ3) is 4.16. The summed E-state index contributed by atoms with van der Waals surface area (Å²) in [5.74, 6) is -0.213. The van der Waals surface area contributed by atoms with Gasteiger partial charge < -0.3 is 10.2 Å². The maximum absolute atomic E-state index is 13.5. The molecule has 0 atom stereocenters. The minimum Gasteiger partial charge on any atom is -0.348 e. The molecule has 156 valence electrons. The molecule has 2 heterocycles. The lowest BCUT2D eigenvalue weighted by Gasteiger charge is -2.31. The second kappa shape index (κ2) is 8.47. The zero-order valence-electron chi connectivity index (χ0n) is 16.9. The molecule has 0 unspecified atom stereocenters. The zero-order valence-corrected chi connectivity index (χ0v) is 17.7. The minimum atomic E-state index is -0.242. The van der Waals surface area contributed by atoms with E-state index in [0.717, 1.165) is 58.1 Å². The number of fused-ring (bicyclic) bond motifs is 1. The van der Waals surface area contributed by atoms with E-state index in [1.165, 1.54) is 23.5 Å². The van der Waals surface area contributed by atoms with E-state index in [0.29, 0.717) is 0 Å². The smallest absolute Gasteiger partial charge is 0.227 e. The molecule has 1 amide bonds. The van der Waals surface area contributed by atoms with Gasteiger partial charge in [0.1, 0.15) is 5.82 Å². The lowest BCUT2D eigenvalue weighted by molar-refractivity contribution is -0.120. The SMILES string of the molecule is O=C(Nc1ccccc1-c1ccccc1)C1CCN(c2nc3ccc(F)cc3s2)CC1. The molecule has 1 fully saturated rings. The van der Waals surface area contributed by atoms with Crippen molar-refractivity contribution in [3.63, 3.8) is 0 Å². The molecule has 0 aliphatic carbocycles. The zero-order chi connectivity index (χ0) is 21.2. The maximum Gasteiger partial charge on any atom is 0.227 e. The highest BCUT2D eigenvalue weighted by molar-refractivity contribution is 7.22. The second-order valence-corrected chi connectivity index (χ2v) is 8.78. The molecule has 0 spiro atoms. The number of anilines is 2. The Morgan fingerprint density at radius 1 is 1.00 bits per heavy atom. The van der Waals surface area contributed by atoms with Crippen molar-refractivity contribution in [2.45, 2.75) is 12.8 Å². The molecule has 3 aromatic carbocycles. The Labute approximate surface area is 184 Å². The van der Waals surface area contributed by atoms with Gasteiger partial charge in [0.15, 0.2) is 5.13 Å². The number of piperidine rings is 1. The molecule has 1 saturated heterocycles. The molecule has 0 radical (unpaired) electrons. The number of amides is 1. The highest BCUT2D eigenvalue weighted by Crippen LogP contribution is 2.33. The highest BCUT2D eigenvalue weighted by atomic mass is 32.1. The van der Waals surface area contributed by atoms with Crippen molar-refractivity contribution in [1.82, 2.24) is 4.98 Å². The fourth-order valence-corrected chi connectivity index (χ4v) is 5.09. The van der Waals surface area contributed by atoms with Crippen LogP contribution in [-0.2, 0) is 4.79 Å². The Morgan fingerprint density at radius 2 is 1.74 bits per heavy atom. The van der Waals surface area contributed by atoms with Gasteiger partial charge in [-0.1, -0.05) is 59.9 Å². The summed E-state index contributed by atoms with van der Waals surface area (Å²) in [6.07, 6.45) is 1.53. The number of aromatic nitrogens is 1. The highest BCUT2D eigenvalue weighted by Gasteiger charge is 2.27. The third-order valence-electron chi connectivity index (χ3n) is 5.75. The van der Waals surface area contributed by atoms with E-state index < -0.39 is 0 Å². The normalized spacial score (nSPS) is 14.7. The molecule has 31 heavy (non-hydrogen) atoms. The van der Waals surface area contributed by atoms with E-state index in [9.17, 15) is 9.18 Å². The summed E-state index contributed by atoms with van der Waals surface area (Å²) < 4.78 is 14.3. The van der Waals surface area contributed by atoms with Gasteiger partial charge in [0, 0.05) is 30.3 Å². The van der Waals surface area contributed by atoms with Crippen LogP contribution in [0.3, 0.4) is 0 Å². The quantitative estimate of drug-likeness (QED) is 0.434.